The van der Waals surface area contributed by atoms with Crippen molar-refractivity contribution in [1.29, 1.82) is 0 Å². The molecule has 1 aliphatic carbocycles. The third-order valence-electron chi connectivity index (χ3n) is 3.57. The van der Waals surface area contributed by atoms with E-state index in [0.29, 0.717) is 12.5 Å². The van der Waals surface area contributed by atoms with Gasteiger partial charge >= 0.3 is 5.97 Å². The van der Waals surface area contributed by atoms with E-state index in [2.05, 4.69) is 12.2 Å². The molecule has 112 valence electrons. The van der Waals surface area contributed by atoms with Crippen molar-refractivity contribution in [2.45, 2.75) is 77.5 Å². The summed E-state index contributed by atoms with van der Waals surface area (Å²) in [5, 5.41) is 13.6. The molecule has 0 aromatic rings. The summed E-state index contributed by atoms with van der Waals surface area (Å²) >= 11 is 0. The molecule has 1 rings (SSSR count). The zero-order chi connectivity index (χ0) is 14.7. The van der Waals surface area contributed by atoms with Gasteiger partial charge in [0.25, 0.3) is 0 Å². The molecule has 0 amide bonds. The minimum atomic E-state index is -0.673. The standard InChI is InChI=1S/C15H29NO3/c1-11-7-6-8-15(18,9-11)10-16-12(2)13(17)19-14(3,4)5/h11-12,16,18H,6-10H2,1-5H3. The van der Waals surface area contributed by atoms with E-state index in [0.717, 1.165) is 19.3 Å². The molecule has 0 aromatic carbocycles. The van der Waals surface area contributed by atoms with Gasteiger partial charge in [-0.3, -0.25) is 4.79 Å². The molecule has 0 bridgehead atoms. The first-order valence-corrected chi connectivity index (χ1v) is 7.30. The normalized spacial score (nSPS) is 29.9. The second-order valence-electron chi connectivity index (χ2n) is 7.06. The van der Waals surface area contributed by atoms with Crippen molar-refractivity contribution in [3.63, 3.8) is 0 Å². The first-order valence-electron chi connectivity index (χ1n) is 7.30. The van der Waals surface area contributed by atoms with Crippen molar-refractivity contribution in [3.8, 4) is 0 Å². The first-order chi connectivity index (χ1) is 8.61. The predicted molar refractivity (Wildman–Crippen MR) is 75.9 cm³/mol. The van der Waals surface area contributed by atoms with Gasteiger partial charge < -0.3 is 15.2 Å². The lowest BCUT2D eigenvalue weighted by Gasteiger charge is -2.36. The lowest BCUT2D eigenvalue weighted by atomic mass is 9.79. The molecule has 19 heavy (non-hydrogen) atoms. The Morgan fingerprint density at radius 1 is 1.53 bits per heavy atom. The average Bonchev–Trinajstić information content (AvgIpc) is 2.23. The topological polar surface area (TPSA) is 58.6 Å². The fourth-order valence-corrected chi connectivity index (χ4v) is 2.61. The van der Waals surface area contributed by atoms with E-state index in [4.69, 9.17) is 4.74 Å². The van der Waals surface area contributed by atoms with Crippen LogP contribution in [-0.2, 0) is 9.53 Å². The Kier molecular flexibility index (Phi) is 5.39. The van der Waals surface area contributed by atoms with Crippen molar-refractivity contribution in [2.75, 3.05) is 6.54 Å². The van der Waals surface area contributed by atoms with Gasteiger partial charge in [-0.25, -0.2) is 0 Å². The van der Waals surface area contributed by atoms with E-state index in [9.17, 15) is 9.90 Å². The van der Waals surface area contributed by atoms with Crippen LogP contribution in [0, 0.1) is 5.92 Å². The largest absolute Gasteiger partial charge is 0.459 e. The van der Waals surface area contributed by atoms with E-state index in [1.165, 1.54) is 6.42 Å². The minimum absolute atomic E-state index is 0.264. The van der Waals surface area contributed by atoms with Crippen molar-refractivity contribution in [1.82, 2.24) is 5.32 Å². The molecule has 0 aromatic heterocycles. The van der Waals surface area contributed by atoms with E-state index in [-0.39, 0.29) is 12.0 Å². The molecule has 0 heterocycles. The summed E-state index contributed by atoms with van der Waals surface area (Å²) < 4.78 is 5.31. The second-order valence-corrected chi connectivity index (χ2v) is 7.06. The van der Waals surface area contributed by atoms with Crippen LogP contribution in [0.3, 0.4) is 0 Å². The number of hydrogen-bond acceptors (Lipinski definition) is 4. The monoisotopic (exact) mass is 271 g/mol. The van der Waals surface area contributed by atoms with E-state index in [1.807, 2.05) is 20.8 Å². The molecule has 4 nitrogen and oxygen atoms in total. The molecule has 3 atom stereocenters. The maximum absolute atomic E-state index is 11.8. The fraction of sp³-hybridized carbons (Fsp3) is 0.933. The van der Waals surface area contributed by atoms with Crippen LogP contribution in [0.25, 0.3) is 0 Å². The molecule has 1 fully saturated rings. The summed E-state index contributed by atoms with van der Waals surface area (Å²) in [6.07, 6.45) is 3.86. The van der Waals surface area contributed by atoms with Gasteiger partial charge in [-0.15, -0.1) is 0 Å². The van der Waals surface area contributed by atoms with Gasteiger partial charge in [0, 0.05) is 6.54 Å². The van der Waals surface area contributed by atoms with Crippen molar-refractivity contribution >= 4 is 5.97 Å². The van der Waals surface area contributed by atoms with Crippen LogP contribution in [-0.4, -0.2) is 34.9 Å². The summed E-state index contributed by atoms with van der Waals surface area (Å²) in [6.45, 7) is 9.97. The third-order valence-corrected chi connectivity index (χ3v) is 3.57. The molecule has 0 radical (unpaired) electrons. The predicted octanol–water partition coefficient (Wildman–Crippen LogP) is 2.25. The molecule has 1 aliphatic rings. The minimum Gasteiger partial charge on any atom is -0.459 e. The van der Waals surface area contributed by atoms with Crippen LogP contribution < -0.4 is 5.32 Å². The highest BCUT2D eigenvalue weighted by atomic mass is 16.6. The average molecular weight is 271 g/mol. The Labute approximate surface area is 116 Å². The fourth-order valence-electron chi connectivity index (χ4n) is 2.61. The van der Waals surface area contributed by atoms with Crippen LogP contribution >= 0.6 is 0 Å². The SMILES string of the molecule is CC1CCCC(O)(CNC(C)C(=O)OC(C)(C)C)C1. The number of ether oxygens (including phenoxy) is 1. The molecular formula is C15H29NO3. The number of carbonyl (C=O) groups excluding carboxylic acids is 1. The van der Waals surface area contributed by atoms with Gasteiger partial charge in [0.2, 0.25) is 0 Å². The summed E-state index contributed by atoms with van der Waals surface area (Å²) in [5.41, 5.74) is -1.14. The molecule has 0 spiro atoms. The van der Waals surface area contributed by atoms with Gasteiger partial charge in [0.05, 0.1) is 5.60 Å². The third kappa shape index (κ3) is 5.91. The summed E-state index contributed by atoms with van der Waals surface area (Å²) in [7, 11) is 0. The van der Waals surface area contributed by atoms with Crippen LogP contribution in [0.2, 0.25) is 0 Å². The maximum atomic E-state index is 11.8. The molecule has 1 saturated carbocycles. The molecule has 0 saturated heterocycles. The molecule has 0 aliphatic heterocycles. The lowest BCUT2D eigenvalue weighted by Crippen LogP contribution is -2.49. The Balaban J connectivity index is 2.41. The highest BCUT2D eigenvalue weighted by molar-refractivity contribution is 5.75. The van der Waals surface area contributed by atoms with Crippen LogP contribution in [0.5, 0.6) is 0 Å². The summed E-state index contributed by atoms with van der Waals surface area (Å²) in [5.74, 6) is 0.289. The zero-order valence-electron chi connectivity index (χ0n) is 13.0. The van der Waals surface area contributed by atoms with Crippen molar-refractivity contribution in [3.05, 3.63) is 0 Å². The Morgan fingerprint density at radius 2 is 2.16 bits per heavy atom. The summed E-state index contributed by atoms with van der Waals surface area (Å²) in [4.78, 5) is 11.8. The van der Waals surface area contributed by atoms with Gasteiger partial charge in [-0.05, 0) is 46.5 Å². The Bertz CT molecular complexity index is 311. The van der Waals surface area contributed by atoms with Crippen molar-refractivity contribution < 1.29 is 14.6 Å². The number of esters is 1. The van der Waals surface area contributed by atoms with Gasteiger partial charge in [0.15, 0.2) is 0 Å². The molecule has 2 N–H and O–H groups in total. The number of hydrogen-bond donors (Lipinski definition) is 2. The smallest absolute Gasteiger partial charge is 0.323 e. The number of rotatable bonds is 4. The van der Waals surface area contributed by atoms with Gasteiger partial charge in [-0.1, -0.05) is 19.8 Å². The van der Waals surface area contributed by atoms with Crippen LogP contribution in [0.1, 0.15) is 60.3 Å². The summed E-state index contributed by atoms with van der Waals surface area (Å²) in [6, 6.07) is -0.388. The quantitative estimate of drug-likeness (QED) is 0.770. The molecular weight excluding hydrogens is 242 g/mol. The highest BCUT2D eigenvalue weighted by Gasteiger charge is 2.33. The van der Waals surface area contributed by atoms with Crippen LogP contribution in [0.4, 0.5) is 0 Å². The van der Waals surface area contributed by atoms with E-state index in [1.54, 1.807) is 6.92 Å². The Morgan fingerprint density at radius 3 is 2.68 bits per heavy atom. The van der Waals surface area contributed by atoms with Gasteiger partial charge in [-0.2, -0.15) is 0 Å². The molecule has 4 heteroatoms. The number of carbonyl (C=O) groups is 1. The van der Waals surface area contributed by atoms with Crippen LogP contribution in [0.15, 0.2) is 0 Å². The molecule has 3 unspecified atom stereocenters. The van der Waals surface area contributed by atoms with Gasteiger partial charge in [0.1, 0.15) is 11.6 Å². The lowest BCUT2D eigenvalue weighted by molar-refractivity contribution is -0.157. The number of aliphatic hydroxyl groups is 1. The zero-order valence-corrected chi connectivity index (χ0v) is 13.0. The van der Waals surface area contributed by atoms with E-state index < -0.39 is 11.2 Å². The Hall–Kier alpha value is -0.610. The van der Waals surface area contributed by atoms with Crippen molar-refractivity contribution in [2.24, 2.45) is 5.92 Å². The number of nitrogens with one attached hydrogen (secondary N) is 1. The maximum Gasteiger partial charge on any atom is 0.323 e. The second kappa shape index (κ2) is 6.23. The first kappa shape index (κ1) is 16.4. The van der Waals surface area contributed by atoms with E-state index >= 15 is 0 Å². The highest BCUT2D eigenvalue weighted by Crippen LogP contribution is 2.31.